The number of hydrogen-bond acceptors (Lipinski definition) is 2. The number of benzene rings is 1. The van der Waals surface area contributed by atoms with E-state index in [-0.39, 0.29) is 0 Å². The van der Waals surface area contributed by atoms with Gasteiger partial charge in [0.05, 0.1) is 0 Å². The average Bonchev–Trinajstić information content (AvgIpc) is 2.16. The Morgan fingerprint density at radius 3 is 1.00 bits per heavy atom. The van der Waals surface area contributed by atoms with E-state index in [4.69, 9.17) is 19.6 Å². The molecule has 0 aromatic heterocycles. The van der Waals surface area contributed by atoms with Crippen LogP contribution in [0.2, 0.25) is 0 Å². The third kappa shape index (κ3) is 2.49. The maximum atomic E-state index is 13.1. The van der Waals surface area contributed by atoms with Crippen molar-refractivity contribution >= 4 is 25.8 Å². The van der Waals surface area contributed by atoms with E-state index in [9.17, 15) is 26.7 Å². The second-order valence-electron chi connectivity index (χ2n) is 3.04. The summed E-state index contributed by atoms with van der Waals surface area (Å²) in [5.41, 5.74) is 0. The lowest BCUT2D eigenvalue weighted by molar-refractivity contribution is 0.370. The van der Waals surface area contributed by atoms with Gasteiger partial charge in [-0.25, -0.2) is 17.6 Å². The van der Waals surface area contributed by atoms with Gasteiger partial charge < -0.3 is 19.6 Å². The van der Waals surface area contributed by atoms with E-state index >= 15 is 0 Å². The van der Waals surface area contributed by atoms with Gasteiger partial charge in [0.2, 0.25) is 0 Å². The molecule has 6 nitrogen and oxygen atoms in total. The van der Waals surface area contributed by atoms with E-state index in [1.54, 1.807) is 0 Å². The maximum absolute atomic E-state index is 13.1. The second kappa shape index (κ2) is 4.41. The molecule has 18 heavy (non-hydrogen) atoms. The fourth-order valence-corrected chi connectivity index (χ4v) is 3.38. The molecule has 0 saturated heterocycles. The van der Waals surface area contributed by atoms with Gasteiger partial charge in [-0.3, -0.25) is 9.13 Å². The highest BCUT2D eigenvalue weighted by molar-refractivity contribution is 7.67. The van der Waals surface area contributed by atoms with Crippen molar-refractivity contribution < 1.29 is 46.3 Å². The van der Waals surface area contributed by atoms with E-state index in [0.29, 0.717) is 0 Å². The van der Waals surface area contributed by atoms with Crippen LogP contribution in [0.15, 0.2) is 0 Å². The first-order valence-corrected chi connectivity index (χ1v) is 7.09. The largest absolute Gasteiger partial charge is 0.360 e. The molecular formula is C6H4F4O6P2. The highest BCUT2D eigenvalue weighted by Gasteiger charge is 2.41. The van der Waals surface area contributed by atoms with Crippen LogP contribution in [0.5, 0.6) is 0 Å². The summed E-state index contributed by atoms with van der Waals surface area (Å²) < 4.78 is 73.3. The van der Waals surface area contributed by atoms with Crippen LogP contribution in [-0.2, 0) is 9.13 Å². The standard InChI is InChI=1S/C6H4F4O6P2/c7-1-2(8)4(10)6(18(14,15)16)5(3(1)9)17(11,12)13/h(H2,11,12,13)(H2,14,15,16). The molecule has 0 atom stereocenters. The van der Waals surface area contributed by atoms with Gasteiger partial charge in [0.1, 0.15) is 10.6 Å². The van der Waals surface area contributed by atoms with E-state index in [1.807, 2.05) is 0 Å². The normalized spacial score (nSPS) is 12.9. The van der Waals surface area contributed by atoms with Crippen molar-refractivity contribution in [2.24, 2.45) is 0 Å². The Balaban J connectivity index is 4.02. The molecule has 0 aliphatic carbocycles. The Morgan fingerprint density at radius 2 is 0.833 bits per heavy atom. The molecule has 0 amide bonds. The predicted octanol–water partition coefficient (Wildman–Crippen LogP) is -0.151. The fraction of sp³-hybridized carbons (Fsp3) is 0. The van der Waals surface area contributed by atoms with Crippen LogP contribution in [0, 0.1) is 23.3 Å². The topological polar surface area (TPSA) is 115 Å². The Labute approximate surface area is 96.2 Å². The molecule has 0 saturated carbocycles. The first kappa shape index (κ1) is 15.3. The molecule has 0 fully saturated rings. The molecule has 102 valence electrons. The van der Waals surface area contributed by atoms with Gasteiger partial charge in [0, 0.05) is 0 Å². The van der Waals surface area contributed by atoms with Crippen molar-refractivity contribution in [1.29, 1.82) is 0 Å². The molecule has 0 spiro atoms. The molecule has 1 aromatic rings. The monoisotopic (exact) mass is 310 g/mol. The fourth-order valence-electron chi connectivity index (χ4n) is 1.14. The van der Waals surface area contributed by atoms with Gasteiger partial charge in [-0.15, -0.1) is 0 Å². The minimum Gasteiger partial charge on any atom is -0.321 e. The molecule has 0 heterocycles. The lowest BCUT2D eigenvalue weighted by Crippen LogP contribution is -2.34. The highest BCUT2D eigenvalue weighted by Crippen LogP contribution is 2.42. The molecular weight excluding hydrogens is 306 g/mol. The summed E-state index contributed by atoms with van der Waals surface area (Å²) in [4.78, 5) is 34.5. The van der Waals surface area contributed by atoms with Gasteiger partial charge in [-0.1, -0.05) is 0 Å². The first-order valence-electron chi connectivity index (χ1n) is 3.87. The summed E-state index contributed by atoms with van der Waals surface area (Å²) in [5, 5.41) is -4.40. The summed E-state index contributed by atoms with van der Waals surface area (Å²) in [6, 6.07) is 0. The highest BCUT2D eigenvalue weighted by atomic mass is 31.2. The molecule has 4 N–H and O–H groups in total. The SMILES string of the molecule is O=P(O)(O)c1c(F)c(F)c(F)c(F)c1P(=O)(O)O. The first-order chi connectivity index (χ1) is 7.89. The second-order valence-corrected chi connectivity index (χ2v) is 6.11. The number of hydrogen-bond donors (Lipinski definition) is 4. The van der Waals surface area contributed by atoms with Gasteiger partial charge in [0.25, 0.3) is 0 Å². The lowest BCUT2D eigenvalue weighted by Gasteiger charge is -2.14. The van der Waals surface area contributed by atoms with E-state index in [2.05, 4.69) is 0 Å². The van der Waals surface area contributed by atoms with Gasteiger partial charge in [-0.05, 0) is 0 Å². The minimum atomic E-state index is -5.78. The zero-order valence-electron chi connectivity index (χ0n) is 8.01. The summed E-state index contributed by atoms with van der Waals surface area (Å²) in [7, 11) is -11.6. The van der Waals surface area contributed by atoms with Crippen LogP contribution in [0.3, 0.4) is 0 Å². The zero-order chi connectivity index (χ0) is 14.5. The zero-order valence-corrected chi connectivity index (χ0v) is 9.80. The molecule has 1 rings (SSSR count). The quantitative estimate of drug-likeness (QED) is 0.261. The van der Waals surface area contributed by atoms with Crippen molar-refractivity contribution in [2.75, 3.05) is 0 Å². The van der Waals surface area contributed by atoms with E-state index in [0.717, 1.165) is 0 Å². The Bertz CT molecular complexity index is 552. The molecule has 1 aromatic carbocycles. The molecule has 0 bridgehead atoms. The predicted molar refractivity (Wildman–Crippen MR) is 49.6 cm³/mol. The van der Waals surface area contributed by atoms with E-state index in [1.165, 1.54) is 0 Å². The average molecular weight is 310 g/mol. The van der Waals surface area contributed by atoms with Gasteiger partial charge in [-0.2, -0.15) is 0 Å². The smallest absolute Gasteiger partial charge is 0.321 e. The summed E-state index contributed by atoms with van der Waals surface area (Å²) >= 11 is 0. The number of halogens is 4. The van der Waals surface area contributed by atoms with Crippen molar-refractivity contribution in [3.8, 4) is 0 Å². The third-order valence-electron chi connectivity index (χ3n) is 1.80. The molecule has 0 unspecified atom stereocenters. The van der Waals surface area contributed by atoms with E-state index < -0.39 is 49.1 Å². The lowest BCUT2D eigenvalue weighted by atomic mass is 10.3. The van der Waals surface area contributed by atoms with Crippen LogP contribution >= 0.6 is 15.2 Å². The van der Waals surface area contributed by atoms with Crippen LogP contribution in [0.25, 0.3) is 0 Å². The number of rotatable bonds is 2. The Hall–Kier alpha value is -0.760. The summed E-state index contributed by atoms with van der Waals surface area (Å²) in [6.07, 6.45) is 0. The Morgan fingerprint density at radius 1 is 0.611 bits per heavy atom. The molecule has 0 aliphatic heterocycles. The van der Waals surface area contributed by atoms with Crippen molar-refractivity contribution in [2.45, 2.75) is 0 Å². The molecule has 12 heteroatoms. The van der Waals surface area contributed by atoms with Crippen molar-refractivity contribution in [3.63, 3.8) is 0 Å². The van der Waals surface area contributed by atoms with Crippen molar-refractivity contribution in [3.05, 3.63) is 23.3 Å². The summed E-state index contributed by atoms with van der Waals surface area (Å²) in [5.74, 6) is -10.3. The van der Waals surface area contributed by atoms with Crippen LogP contribution in [0.1, 0.15) is 0 Å². The van der Waals surface area contributed by atoms with Gasteiger partial charge >= 0.3 is 15.2 Å². The third-order valence-corrected chi connectivity index (χ3v) is 3.98. The van der Waals surface area contributed by atoms with Gasteiger partial charge in [0.15, 0.2) is 23.3 Å². The maximum Gasteiger partial charge on any atom is 0.360 e. The molecule has 0 aliphatic rings. The minimum absolute atomic E-state index is 2.20. The summed E-state index contributed by atoms with van der Waals surface area (Å²) in [6.45, 7) is 0. The van der Waals surface area contributed by atoms with Crippen LogP contribution in [0.4, 0.5) is 17.6 Å². The van der Waals surface area contributed by atoms with Crippen LogP contribution < -0.4 is 10.6 Å². The van der Waals surface area contributed by atoms with Crippen LogP contribution in [-0.4, -0.2) is 19.6 Å². The van der Waals surface area contributed by atoms with Crippen molar-refractivity contribution in [1.82, 2.24) is 0 Å². The molecule has 0 radical (unpaired) electrons. The Kier molecular flexibility index (Phi) is 3.75.